The van der Waals surface area contributed by atoms with E-state index in [2.05, 4.69) is 38.5 Å². The lowest BCUT2D eigenvalue weighted by molar-refractivity contribution is 0.349. The predicted molar refractivity (Wildman–Crippen MR) is 64.7 cm³/mol. The van der Waals surface area contributed by atoms with Crippen molar-refractivity contribution in [3.05, 3.63) is 21.9 Å². The van der Waals surface area contributed by atoms with Crippen molar-refractivity contribution < 1.29 is 0 Å². The van der Waals surface area contributed by atoms with E-state index < -0.39 is 0 Å². The van der Waals surface area contributed by atoms with Crippen LogP contribution < -0.4 is 5.73 Å². The van der Waals surface area contributed by atoms with Gasteiger partial charge in [0, 0.05) is 6.04 Å². The summed E-state index contributed by atoms with van der Waals surface area (Å²) in [5.41, 5.74) is 9.22. The van der Waals surface area contributed by atoms with Gasteiger partial charge in [-0.3, -0.25) is 0 Å². The van der Waals surface area contributed by atoms with Crippen LogP contribution in [0.1, 0.15) is 50.8 Å². The quantitative estimate of drug-likeness (QED) is 0.806. The number of rotatable bonds is 3. The molecule has 2 N–H and O–H groups in total. The van der Waals surface area contributed by atoms with Gasteiger partial charge < -0.3 is 5.73 Å². The molecule has 0 aliphatic rings. The van der Waals surface area contributed by atoms with Gasteiger partial charge in [0.15, 0.2) is 0 Å². The topological polar surface area (TPSA) is 26.0 Å². The molecular weight excluding hydrogens is 190 g/mol. The normalized spacial score (nSPS) is 14.4. The number of hydrogen-bond acceptors (Lipinski definition) is 2. The molecule has 0 spiro atoms. The first kappa shape index (κ1) is 11.7. The standard InChI is InChI=1S/C12H21NS/c1-9-7-14-8-10(9)11(13)5-6-12(2,3)4/h7-8,11H,5-6,13H2,1-4H3. The molecule has 1 nitrogen and oxygen atoms in total. The van der Waals surface area contributed by atoms with E-state index in [9.17, 15) is 0 Å². The van der Waals surface area contributed by atoms with E-state index in [-0.39, 0.29) is 6.04 Å². The first-order chi connectivity index (χ1) is 6.40. The Bertz CT molecular complexity index is 283. The van der Waals surface area contributed by atoms with Crippen LogP contribution in [0.3, 0.4) is 0 Å². The molecule has 0 radical (unpaired) electrons. The fourth-order valence-electron chi connectivity index (χ4n) is 1.49. The summed E-state index contributed by atoms with van der Waals surface area (Å²) in [7, 11) is 0. The summed E-state index contributed by atoms with van der Waals surface area (Å²) in [4.78, 5) is 0. The van der Waals surface area contributed by atoms with Crippen LogP contribution in [0.5, 0.6) is 0 Å². The number of aryl methyl sites for hydroxylation is 1. The van der Waals surface area contributed by atoms with Gasteiger partial charge in [0.2, 0.25) is 0 Å². The third-order valence-corrected chi connectivity index (χ3v) is 3.38. The third-order valence-electron chi connectivity index (χ3n) is 2.50. The Morgan fingerprint density at radius 2 is 2.00 bits per heavy atom. The maximum Gasteiger partial charge on any atom is 0.0305 e. The van der Waals surface area contributed by atoms with E-state index in [4.69, 9.17) is 5.73 Å². The second-order valence-corrected chi connectivity index (χ2v) is 5.96. The Balaban J connectivity index is 2.51. The first-order valence-corrected chi connectivity index (χ1v) is 6.13. The Morgan fingerprint density at radius 1 is 1.36 bits per heavy atom. The molecule has 0 saturated carbocycles. The maximum atomic E-state index is 6.15. The average molecular weight is 211 g/mol. The summed E-state index contributed by atoms with van der Waals surface area (Å²) in [5.74, 6) is 0. The third kappa shape index (κ3) is 3.43. The minimum atomic E-state index is 0.223. The fraction of sp³-hybridized carbons (Fsp3) is 0.667. The van der Waals surface area contributed by atoms with Gasteiger partial charge in [-0.15, -0.1) is 0 Å². The van der Waals surface area contributed by atoms with Gasteiger partial charge in [-0.1, -0.05) is 20.8 Å². The molecule has 0 saturated heterocycles. The zero-order valence-electron chi connectivity index (χ0n) is 9.63. The second-order valence-electron chi connectivity index (χ2n) is 5.22. The predicted octanol–water partition coefficient (Wildman–Crippen LogP) is 3.88. The molecule has 0 aliphatic carbocycles. The van der Waals surface area contributed by atoms with Crippen molar-refractivity contribution in [2.75, 3.05) is 0 Å². The summed E-state index contributed by atoms with van der Waals surface area (Å²) >= 11 is 1.75. The minimum Gasteiger partial charge on any atom is -0.324 e. The van der Waals surface area contributed by atoms with Gasteiger partial charge in [0.05, 0.1) is 0 Å². The average Bonchev–Trinajstić information content (AvgIpc) is 2.46. The van der Waals surface area contributed by atoms with Crippen LogP contribution in [0.2, 0.25) is 0 Å². The van der Waals surface area contributed by atoms with Crippen LogP contribution in [0.25, 0.3) is 0 Å². The van der Waals surface area contributed by atoms with Crippen molar-refractivity contribution in [3.8, 4) is 0 Å². The smallest absolute Gasteiger partial charge is 0.0305 e. The van der Waals surface area contributed by atoms with E-state index in [1.807, 2.05) is 0 Å². The second kappa shape index (κ2) is 4.45. The van der Waals surface area contributed by atoms with Crippen LogP contribution in [-0.4, -0.2) is 0 Å². The molecule has 1 unspecified atom stereocenters. The van der Waals surface area contributed by atoms with E-state index >= 15 is 0 Å². The summed E-state index contributed by atoms with van der Waals surface area (Å²) in [6, 6.07) is 0.223. The van der Waals surface area contributed by atoms with Crippen molar-refractivity contribution in [1.82, 2.24) is 0 Å². The summed E-state index contributed by atoms with van der Waals surface area (Å²) < 4.78 is 0. The Morgan fingerprint density at radius 3 is 2.43 bits per heavy atom. The molecule has 0 bridgehead atoms. The highest BCUT2D eigenvalue weighted by atomic mass is 32.1. The van der Waals surface area contributed by atoms with Crippen LogP contribution >= 0.6 is 11.3 Å². The van der Waals surface area contributed by atoms with Crippen molar-refractivity contribution in [2.24, 2.45) is 11.1 Å². The molecule has 0 amide bonds. The van der Waals surface area contributed by atoms with E-state index in [1.165, 1.54) is 17.5 Å². The molecule has 0 aromatic carbocycles. The SMILES string of the molecule is Cc1cscc1C(N)CCC(C)(C)C. The highest BCUT2D eigenvalue weighted by molar-refractivity contribution is 7.08. The van der Waals surface area contributed by atoms with E-state index in [0.717, 1.165) is 6.42 Å². The summed E-state index contributed by atoms with van der Waals surface area (Å²) in [6.07, 6.45) is 2.27. The molecule has 1 atom stereocenters. The van der Waals surface area contributed by atoms with Crippen LogP contribution in [0.15, 0.2) is 10.8 Å². The molecule has 80 valence electrons. The van der Waals surface area contributed by atoms with Gasteiger partial charge >= 0.3 is 0 Å². The fourth-order valence-corrected chi connectivity index (χ4v) is 2.41. The summed E-state index contributed by atoms with van der Waals surface area (Å²) in [5, 5.41) is 4.36. The Hall–Kier alpha value is -0.340. The Labute approximate surface area is 91.3 Å². The monoisotopic (exact) mass is 211 g/mol. The molecular formula is C12H21NS. The number of hydrogen-bond donors (Lipinski definition) is 1. The van der Waals surface area contributed by atoms with Gasteiger partial charge in [0.1, 0.15) is 0 Å². The molecule has 1 heterocycles. The van der Waals surface area contributed by atoms with Gasteiger partial charge in [0.25, 0.3) is 0 Å². The minimum absolute atomic E-state index is 0.223. The molecule has 1 aromatic rings. The van der Waals surface area contributed by atoms with Crippen LogP contribution in [0, 0.1) is 12.3 Å². The summed E-state index contributed by atoms with van der Waals surface area (Å²) in [6.45, 7) is 8.93. The molecule has 1 aromatic heterocycles. The van der Waals surface area contributed by atoms with Crippen molar-refractivity contribution in [3.63, 3.8) is 0 Å². The lowest BCUT2D eigenvalue weighted by Gasteiger charge is -2.20. The first-order valence-electron chi connectivity index (χ1n) is 5.18. The number of nitrogens with two attached hydrogens (primary N) is 1. The van der Waals surface area contributed by atoms with E-state index in [1.54, 1.807) is 11.3 Å². The molecule has 14 heavy (non-hydrogen) atoms. The maximum absolute atomic E-state index is 6.15. The van der Waals surface area contributed by atoms with Gasteiger partial charge in [-0.2, -0.15) is 11.3 Å². The van der Waals surface area contributed by atoms with Crippen molar-refractivity contribution in [2.45, 2.75) is 46.6 Å². The zero-order chi connectivity index (χ0) is 10.8. The molecule has 2 heteroatoms. The lowest BCUT2D eigenvalue weighted by atomic mass is 9.87. The number of thiophene rings is 1. The van der Waals surface area contributed by atoms with Crippen molar-refractivity contribution >= 4 is 11.3 Å². The largest absolute Gasteiger partial charge is 0.324 e. The molecule has 0 aliphatic heterocycles. The highest BCUT2D eigenvalue weighted by Gasteiger charge is 2.15. The molecule has 0 fully saturated rings. The Kier molecular flexibility index (Phi) is 3.73. The van der Waals surface area contributed by atoms with Gasteiger partial charge in [-0.05, 0) is 47.1 Å². The van der Waals surface area contributed by atoms with Crippen LogP contribution in [-0.2, 0) is 0 Å². The molecule has 1 rings (SSSR count). The highest BCUT2D eigenvalue weighted by Crippen LogP contribution is 2.28. The zero-order valence-corrected chi connectivity index (χ0v) is 10.4. The van der Waals surface area contributed by atoms with Crippen LogP contribution in [0.4, 0.5) is 0 Å². The van der Waals surface area contributed by atoms with E-state index in [0.29, 0.717) is 5.41 Å². The van der Waals surface area contributed by atoms with Gasteiger partial charge in [-0.25, -0.2) is 0 Å². The van der Waals surface area contributed by atoms with Crippen molar-refractivity contribution in [1.29, 1.82) is 0 Å². The lowest BCUT2D eigenvalue weighted by Crippen LogP contribution is -2.14.